The van der Waals surface area contributed by atoms with Crippen LogP contribution in [-0.4, -0.2) is 27.6 Å². The van der Waals surface area contributed by atoms with Gasteiger partial charge in [-0.15, -0.1) is 10.2 Å². The van der Waals surface area contributed by atoms with Crippen LogP contribution in [0.25, 0.3) is 10.9 Å². The molecule has 0 radical (unpaired) electrons. The number of rotatable bonds is 6. The average Bonchev–Trinajstić information content (AvgIpc) is 3.14. The molecular weight excluding hydrogens is 376 g/mol. The maximum absolute atomic E-state index is 13.3. The number of fused-ring (bicyclic) bond motifs is 1. The van der Waals surface area contributed by atoms with Crippen LogP contribution in [-0.2, 0) is 6.42 Å². The van der Waals surface area contributed by atoms with Gasteiger partial charge in [0.2, 0.25) is 0 Å². The van der Waals surface area contributed by atoms with Gasteiger partial charge in [0.05, 0.1) is 0 Å². The standard InChI is InChI=1S/C21H17F2N5O/c22-16-6-5-14(11-17(16)23)26-20-8-7-19(27-28-20)21(29)24-10-9-13-12-25-18-4-2-1-3-15(13)18/h1-8,11-12,25H,9-10H2,(H,24,29)(H,26,28). The van der Waals surface area contributed by atoms with Gasteiger partial charge < -0.3 is 15.6 Å². The molecule has 0 spiro atoms. The van der Waals surface area contributed by atoms with Crippen molar-refractivity contribution in [3.63, 3.8) is 0 Å². The third-order valence-corrected chi connectivity index (χ3v) is 4.44. The largest absolute Gasteiger partial charge is 0.361 e. The number of para-hydroxylation sites is 1. The predicted molar refractivity (Wildman–Crippen MR) is 106 cm³/mol. The number of anilines is 2. The molecule has 2 aromatic heterocycles. The summed E-state index contributed by atoms with van der Waals surface area (Å²) in [5.41, 5.74) is 2.68. The van der Waals surface area contributed by atoms with Crippen molar-refractivity contribution in [2.45, 2.75) is 6.42 Å². The average molecular weight is 393 g/mol. The molecule has 8 heteroatoms. The lowest BCUT2D eigenvalue weighted by Crippen LogP contribution is -2.26. The number of hydrogen-bond acceptors (Lipinski definition) is 4. The molecule has 4 rings (SSSR count). The minimum absolute atomic E-state index is 0.166. The summed E-state index contributed by atoms with van der Waals surface area (Å²) in [5, 5.41) is 14.5. The number of halogens is 2. The van der Waals surface area contributed by atoms with Gasteiger partial charge in [-0.1, -0.05) is 18.2 Å². The van der Waals surface area contributed by atoms with E-state index in [2.05, 4.69) is 25.8 Å². The van der Waals surface area contributed by atoms with Gasteiger partial charge in [0, 0.05) is 35.4 Å². The summed E-state index contributed by atoms with van der Waals surface area (Å²) < 4.78 is 26.2. The van der Waals surface area contributed by atoms with Crippen molar-refractivity contribution < 1.29 is 13.6 Å². The van der Waals surface area contributed by atoms with Crippen molar-refractivity contribution in [1.82, 2.24) is 20.5 Å². The van der Waals surface area contributed by atoms with Crippen LogP contribution in [0.2, 0.25) is 0 Å². The van der Waals surface area contributed by atoms with Gasteiger partial charge in [-0.05, 0) is 42.3 Å². The molecule has 0 saturated heterocycles. The lowest BCUT2D eigenvalue weighted by Gasteiger charge is -2.07. The number of aromatic amines is 1. The molecule has 0 bridgehead atoms. The van der Waals surface area contributed by atoms with E-state index in [1.54, 1.807) is 6.07 Å². The molecule has 0 saturated carbocycles. The Labute approximate surface area is 165 Å². The maximum atomic E-state index is 13.3. The quantitative estimate of drug-likeness (QED) is 0.463. The van der Waals surface area contributed by atoms with Crippen molar-refractivity contribution >= 4 is 28.3 Å². The Bertz CT molecular complexity index is 1160. The zero-order valence-corrected chi connectivity index (χ0v) is 15.2. The van der Waals surface area contributed by atoms with Crippen LogP contribution in [0.15, 0.2) is 60.8 Å². The van der Waals surface area contributed by atoms with E-state index in [9.17, 15) is 13.6 Å². The molecule has 0 fully saturated rings. The molecular formula is C21H17F2N5O. The molecule has 6 nitrogen and oxygen atoms in total. The number of benzene rings is 2. The SMILES string of the molecule is O=C(NCCc1c[nH]c2ccccc12)c1ccc(Nc2ccc(F)c(F)c2)nn1. The molecule has 0 atom stereocenters. The Morgan fingerprint density at radius 1 is 1.00 bits per heavy atom. The summed E-state index contributed by atoms with van der Waals surface area (Å²) in [6, 6.07) is 14.4. The topological polar surface area (TPSA) is 82.7 Å². The van der Waals surface area contributed by atoms with E-state index in [0.717, 1.165) is 28.6 Å². The fraction of sp³-hybridized carbons (Fsp3) is 0.0952. The number of H-pyrrole nitrogens is 1. The Morgan fingerprint density at radius 2 is 1.86 bits per heavy atom. The number of carbonyl (C=O) groups is 1. The van der Waals surface area contributed by atoms with Crippen LogP contribution in [0.1, 0.15) is 16.1 Å². The van der Waals surface area contributed by atoms with Crippen LogP contribution in [0.5, 0.6) is 0 Å². The minimum Gasteiger partial charge on any atom is -0.361 e. The normalized spacial score (nSPS) is 10.8. The molecule has 3 N–H and O–H groups in total. The van der Waals surface area contributed by atoms with Crippen molar-refractivity contribution in [3.05, 3.63) is 83.7 Å². The van der Waals surface area contributed by atoms with Gasteiger partial charge in [-0.25, -0.2) is 8.78 Å². The first-order chi connectivity index (χ1) is 14.1. The van der Waals surface area contributed by atoms with Gasteiger partial charge in [0.25, 0.3) is 5.91 Å². The van der Waals surface area contributed by atoms with E-state index < -0.39 is 11.6 Å². The Balaban J connectivity index is 1.33. The van der Waals surface area contributed by atoms with Crippen molar-refractivity contribution in [2.75, 3.05) is 11.9 Å². The third kappa shape index (κ3) is 4.21. The lowest BCUT2D eigenvalue weighted by atomic mass is 10.1. The van der Waals surface area contributed by atoms with Crippen LogP contribution in [0, 0.1) is 11.6 Å². The second kappa shape index (κ2) is 8.05. The molecule has 4 aromatic rings. The first-order valence-corrected chi connectivity index (χ1v) is 8.99. The van der Waals surface area contributed by atoms with Gasteiger partial charge in [0.15, 0.2) is 23.1 Å². The zero-order valence-electron chi connectivity index (χ0n) is 15.2. The summed E-state index contributed by atoms with van der Waals surface area (Å²) in [6.45, 7) is 0.456. The van der Waals surface area contributed by atoms with Gasteiger partial charge in [-0.2, -0.15) is 0 Å². The number of amides is 1. The highest BCUT2D eigenvalue weighted by Gasteiger charge is 2.10. The summed E-state index contributed by atoms with van der Waals surface area (Å²) in [4.78, 5) is 15.5. The Hall–Kier alpha value is -3.81. The van der Waals surface area contributed by atoms with Crippen molar-refractivity contribution in [1.29, 1.82) is 0 Å². The maximum Gasteiger partial charge on any atom is 0.271 e. The monoisotopic (exact) mass is 393 g/mol. The van der Waals surface area contributed by atoms with Crippen LogP contribution in [0.3, 0.4) is 0 Å². The van der Waals surface area contributed by atoms with E-state index in [0.29, 0.717) is 24.5 Å². The van der Waals surface area contributed by atoms with Gasteiger partial charge in [0.1, 0.15) is 0 Å². The lowest BCUT2D eigenvalue weighted by molar-refractivity contribution is 0.0948. The summed E-state index contributed by atoms with van der Waals surface area (Å²) in [7, 11) is 0. The second-order valence-corrected chi connectivity index (χ2v) is 6.42. The fourth-order valence-electron chi connectivity index (χ4n) is 2.98. The number of carbonyl (C=O) groups excluding carboxylic acids is 1. The summed E-state index contributed by atoms with van der Waals surface area (Å²) in [6.07, 6.45) is 2.62. The molecule has 146 valence electrons. The molecule has 0 unspecified atom stereocenters. The van der Waals surface area contributed by atoms with Crippen LogP contribution >= 0.6 is 0 Å². The smallest absolute Gasteiger partial charge is 0.271 e. The van der Waals surface area contributed by atoms with E-state index in [4.69, 9.17) is 0 Å². The van der Waals surface area contributed by atoms with E-state index in [1.807, 2.05) is 30.5 Å². The molecule has 0 aliphatic carbocycles. The minimum atomic E-state index is -0.964. The molecule has 2 heterocycles. The number of hydrogen-bond donors (Lipinski definition) is 3. The Kier molecular flexibility index (Phi) is 5.15. The van der Waals surface area contributed by atoms with Crippen molar-refractivity contribution in [3.8, 4) is 0 Å². The number of nitrogens with one attached hydrogen (secondary N) is 3. The third-order valence-electron chi connectivity index (χ3n) is 4.44. The highest BCUT2D eigenvalue weighted by Crippen LogP contribution is 2.18. The van der Waals surface area contributed by atoms with E-state index in [1.165, 1.54) is 12.1 Å². The highest BCUT2D eigenvalue weighted by atomic mass is 19.2. The first-order valence-electron chi connectivity index (χ1n) is 8.99. The molecule has 1 amide bonds. The van der Waals surface area contributed by atoms with Crippen molar-refractivity contribution in [2.24, 2.45) is 0 Å². The molecule has 0 aliphatic heterocycles. The highest BCUT2D eigenvalue weighted by molar-refractivity contribution is 5.92. The number of nitrogens with zero attached hydrogens (tertiary/aromatic N) is 2. The predicted octanol–water partition coefficient (Wildman–Crippen LogP) is 3.95. The Morgan fingerprint density at radius 3 is 2.66 bits per heavy atom. The fourth-order valence-corrected chi connectivity index (χ4v) is 2.98. The van der Waals surface area contributed by atoms with E-state index >= 15 is 0 Å². The summed E-state index contributed by atoms with van der Waals surface area (Å²) >= 11 is 0. The van der Waals surface area contributed by atoms with Gasteiger partial charge >= 0.3 is 0 Å². The van der Waals surface area contributed by atoms with Gasteiger partial charge in [-0.3, -0.25) is 4.79 Å². The molecule has 2 aromatic carbocycles. The first kappa shape index (κ1) is 18.5. The van der Waals surface area contributed by atoms with E-state index in [-0.39, 0.29) is 11.6 Å². The summed E-state index contributed by atoms with van der Waals surface area (Å²) in [5.74, 6) is -1.92. The zero-order chi connectivity index (χ0) is 20.2. The number of aromatic nitrogens is 3. The molecule has 0 aliphatic rings. The van der Waals surface area contributed by atoms with Crippen LogP contribution < -0.4 is 10.6 Å². The molecule has 29 heavy (non-hydrogen) atoms. The second-order valence-electron chi connectivity index (χ2n) is 6.42. The van der Waals surface area contributed by atoms with Crippen LogP contribution in [0.4, 0.5) is 20.3 Å².